The van der Waals surface area contributed by atoms with E-state index in [1.807, 2.05) is 26.0 Å². The molecule has 186 valence electrons. The Morgan fingerprint density at radius 2 is 1.91 bits per heavy atom. The number of ether oxygens (including phenoxy) is 3. The third-order valence-electron chi connectivity index (χ3n) is 6.01. The molecule has 2 saturated heterocycles. The number of morpholine rings is 1. The quantitative estimate of drug-likeness (QED) is 0.552. The van der Waals surface area contributed by atoms with E-state index in [-0.39, 0.29) is 6.04 Å². The van der Waals surface area contributed by atoms with Crippen molar-refractivity contribution in [2.75, 3.05) is 44.8 Å². The van der Waals surface area contributed by atoms with E-state index in [1.54, 1.807) is 18.0 Å². The third-order valence-corrected chi connectivity index (χ3v) is 6.41. The summed E-state index contributed by atoms with van der Waals surface area (Å²) in [6, 6.07) is 7.62. The Bertz CT molecular complexity index is 1110. The van der Waals surface area contributed by atoms with Crippen molar-refractivity contribution in [1.82, 2.24) is 20.4 Å². The van der Waals surface area contributed by atoms with Crippen LogP contribution in [0.15, 0.2) is 18.2 Å². The van der Waals surface area contributed by atoms with Gasteiger partial charge in [-0.05, 0) is 38.0 Å². The maximum atomic E-state index is 13.0. The van der Waals surface area contributed by atoms with Crippen LogP contribution in [0, 0.1) is 25.2 Å². The van der Waals surface area contributed by atoms with Gasteiger partial charge in [0.25, 0.3) is 5.91 Å². The Balaban J connectivity index is 1.67. The van der Waals surface area contributed by atoms with Crippen LogP contribution < -0.4 is 10.7 Å². The highest BCUT2D eigenvalue weighted by atomic mass is 35.5. The number of halogens is 1. The van der Waals surface area contributed by atoms with E-state index in [0.29, 0.717) is 68.0 Å². The number of aryl methyl sites for hydroxylation is 1. The molecule has 2 aliphatic rings. The molecule has 1 aromatic heterocycles. The molecule has 0 bridgehead atoms. The number of nitrogens with zero attached hydrogens (tertiary/aromatic N) is 4. The fraction of sp³-hybridized carbons (Fsp3) is 0.500. The SMILES string of the molecule is Cc1nc(NC(C)c2cccc(C#N)c2C)c(C2OCCO2)c(C(Cl)C(=O)NN2CCOCC2)n1. The molecule has 2 unspecified atom stereocenters. The molecule has 1 aromatic carbocycles. The zero-order valence-corrected chi connectivity index (χ0v) is 20.8. The van der Waals surface area contributed by atoms with Crippen molar-refractivity contribution in [1.29, 1.82) is 5.26 Å². The maximum absolute atomic E-state index is 13.0. The van der Waals surface area contributed by atoms with Crippen molar-refractivity contribution in [2.24, 2.45) is 0 Å². The van der Waals surface area contributed by atoms with Gasteiger partial charge in [0.2, 0.25) is 0 Å². The van der Waals surface area contributed by atoms with Crippen molar-refractivity contribution >= 4 is 23.3 Å². The smallest absolute Gasteiger partial charge is 0.258 e. The van der Waals surface area contributed by atoms with E-state index in [2.05, 4.69) is 26.8 Å². The second-order valence-corrected chi connectivity index (χ2v) is 8.86. The van der Waals surface area contributed by atoms with Gasteiger partial charge in [-0.1, -0.05) is 12.1 Å². The van der Waals surface area contributed by atoms with Gasteiger partial charge in [0.15, 0.2) is 11.7 Å². The first-order chi connectivity index (χ1) is 16.9. The van der Waals surface area contributed by atoms with Crippen LogP contribution in [0.5, 0.6) is 0 Å². The number of hydrogen-bond acceptors (Lipinski definition) is 9. The van der Waals surface area contributed by atoms with Gasteiger partial charge >= 0.3 is 0 Å². The minimum Gasteiger partial charge on any atom is -0.379 e. The summed E-state index contributed by atoms with van der Waals surface area (Å²) < 4.78 is 16.9. The maximum Gasteiger partial charge on any atom is 0.258 e. The molecular weight excluding hydrogens is 472 g/mol. The summed E-state index contributed by atoms with van der Waals surface area (Å²) in [5.41, 5.74) is 6.12. The average Bonchev–Trinajstić information content (AvgIpc) is 3.38. The summed E-state index contributed by atoms with van der Waals surface area (Å²) in [6.45, 7) is 8.66. The number of aromatic nitrogens is 2. The van der Waals surface area contributed by atoms with E-state index in [0.717, 1.165) is 11.1 Å². The van der Waals surface area contributed by atoms with Crippen molar-refractivity contribution in [2.45, 2.75) is 38.5 Å². The highest BCUT2D eigenvalue weighted by molar-refractivity contribution is 6.30. The molecule has 35 heavy (non-hydrogen) atoms. The van der Waals surface area contributed by atoms with Gasteiger partial charge in [0, 0.05) is 13.1 Å². The second-order valence-electron chi connectivity index (χ2n) is 8.43. The third kappa shape index (κ3) is 5.72. The number of carbonyl (C=O) groups is 1. The highest BCUT2D eigenvalue weighted by Gasteiger charge is 2.34. The Hall–Kier alpha value is -2.81. The molecule has 10 nitrogen and oxygen atoms in total. The Morgan fingerprint density at radius 1 is 1.20 bits per heavy atom. The van der Waals surface area contributed by atoms with Crippen LogP contribution in [-0.4, -0.2) is 60.4 Å². The predicted octanol–water partition coefficient (Wildman–Crippen LogP) is 2.83. The molecule has 0 saturated carbocycles. The summed E-state index contributed by atoms with van der Waals surface area (Å²) in [4.78, 5) is 22.2. The molecule has 1 amide bonds. The van der Waals surface area contributed by atoms with Gasteiger partial charge in [0.05, 0.1) is 55.4 Å². The normalized spacial score (nSPS) is 18.6. The number of nitriles is 1. The van der Waals surface area contributed by atoms with Gasteiger partial charge in [0.1, 0.15) is 11.6 Å². The van der Waals surface area contributed by atoms with Gasteiger partial charge in [-0.25, -0.2) is 15.0 Å². The predicted molar refractivity (Wildman–Crippen MR) is 128 cm³/mol. The van der Waals surface area contributed by atoms with Crippen molar-refractivity contribution in [3.63, 3.8) is 0 Å². The average molecular weight is 501 g/mol. The van der Waals surface area contributed by atoms with Crippen molar-refractivity contribution < 1.29 is 19.0 Å². The van der Waals surface area contributed by atoms with Crippen LogP contribution in [0.2, 0.25) is 0 Å². The van der Waals surface area contributed by atoms with Gasteiger partial charge in [-0.3, -0.25) is 10.2 Å². The molecule has 2 aliphatic heterocycles. The van der Waals surface area contributed by atoms with Crippen LogP contribution in [0.4, 0.5) is 5.82 Å². The molecule has 2 N–H and O–H groups in total. The molecule has 2 aromatic rings. The number of anilines is 1. The van der Waals surface area contributed by atoms with Gasteiger partial charge in [-0.2, -0.15) is 5.26 Å². The fourth-order valence-corrected chi connectivity index (χ4v) is 4.42. The molecular formula is C24H29ClN6O4. The lowest BCUT2D eigenvalue weighted by atomic mass is 9.98. The Kier molecular flexibility index (Phi) is 8.15. The minimum atomic E-state index is -1.10. The lowest BCUT2D eigenvalue weighted by Crippen LogP contribution is -2.49. The lowest BCUT2D eigenvalue weighted by Gasteiger charge is -2.28. The Morgan fingerprint density at radius 3 is 2.60 bits per heavy atom. The summed E-state index contributed by atoms with van der Waals surface area (Å²) in [5, 5.41) is 13.5. The number of amides is 1. The molecule has 3 heterocycles. The molecule has 2 atom stereocenters. The zero-order chi connectivity index (χ0) is 24.9. The summed E-state index contributed by atoms with van der Waals surface area (Å²) in [7, 11) is 0. The fourth-order valence-electron chi connectivity index (χ4n) is 4.20. The first-order valence-electron chi connectivity index (χ1n) is 11.5. The molecule has 0 spiro atoms. The first kappa shape index (κ1) is 25.3. The standard InChI is InChI=1S/C24H29ClN6O4/c1-14-17(13-26)5-4-6-18(14)15(2)27-22-19(24-34-11-12-35-24)21(28-16(3)29-22)20(25)23(32)30-31-7-9-33-10-8-31/h4-6,15,20,24H,7-12H2,1-3H3,(H,30,32)(H,27,28,29). The number of nitrogens with one attached hydrogen (secondary N) is 2. The molecule has 0 aliphatic carbocycles. The summed E-state index contributed by atoms with van der Waals surface area (Å²) >= 11 is 6.69. The van der Waals surface area contributed by atoms with Crippen molar-refractivity contribution in [3.8, 4) is 6.07 Å². The highest BCUT2D eigenvalue weighted by Crippen LogP contribution is 2.37. The molecule has 4 rings (SSSR count). The Labute approximate surface area is 209 Å². The van der Waals surface area contributed by atoms with E-state index in [9.17, 15) is 10.1 Å². The first-order valence-corrected chi connectivity index (χ1v) is 12.0. The zero-order valence-electron chi connectivity index (χ0n) is 20.0. The van der Waals surface area contributed by atoms with E-state index in [4.69, 9.17) is 25.8 Å². The van der Waals surface area contributed by atoms with Crippen LogP contribution in [0.25, 0.3) is 0 Å². The number of hydrogen-bond donors (Lipinski definition) is 2. The lowest BCUT2D eigenvalue weighted by molar-refractivity contribution is -0.127. The van der Waals surface area contributed by atoms with E-state index in [1.165, 1.54) is 0 Å². The van der Waals surface area contributed by atoms with Crippen LogP contribution in [-0.2, 0) is 19.0 Å². The largest absolute Gasteiger partial charge is 0.379 e. The summed E-state index contributed by atoms with van der Waals surface area (Å²) in [6.07, 6.45) is -0.760. The second kappa shape index (κ2) is 11.3. The van der Waals surface area contributed by atoms with Gasteiger partial charge in [-0.15, -0.1) is 11.6 Å². The number of rotatable bonds is 7. The van der Waals surface area contributed by atoms with Crippen LogP contribution in [0.1, 0.15) is 58.4 Å². The van der Waals surface area contributed by atoms with Gasteiger partial charge < -0.3 is 19.5 Å². The van der Waals surface area contributed by atoms with Crippen molar-refractivity contribution in [3.05, 3.63) is 52.0 Å². The number of benzene rings is 1. The number of hydrazine groups is 1. The van der Waals surface area contributed by atoms with Crippen LogP contribution in [0.3, 0.4) is 0 Å². The minimum absolute atomic E-state index is 0.207. The molecule has 0 radical (unpaired) electrons. The number of alkyl halides is 1. The molecule has 11 heteroatoms. The summed E-state index contributed by atoms with van der Waals surface area (Å²) in [5.74, 6) is 0.518. The topological polar surface area (TPSA) is 122 Å². The van der Waals surface area contributed by atoms with E-state index < -0.39 is 17.6 Å². The monoisotopic (exact) mass is 500 g/mol. The number of carbonyl (C=O) groups excluding carboxylic acids is 1. The van der Waals surface area contributed by atoms with E-state index >= 15 is 0 Å². The molecule has 2 fully saturated rings. The van der Waals surface area contributed by atoms with Crippen LogP contribution >= 0.6 is 11.6 Å².